The summed E-state index contributed by atoms with van der Waals surface area (Å²) >= 11 is 0. The zero-order chi connectivity index (χ0) is 27.2. The third-order valence-corrected chi connectivity index (χ3v) is 7.57. The Morgan fingerprint density at radius 1 is 0.488 bits per heavy atom. The second kappa shape index (κ2) is 9.50. The Morgan fingerprint density at radius 3 is 2.15 bits per heavy atom. The smallest absolute Gasteiger partial charge is 0.138 e. The van der Waals surface area contributed by atoms with Gasteiger partial charge >= 0.3 is 0 Å². The molecule has 3 aromatic carbocycles. The van der Waals surface area contributed by atoms with Crippen LogP contribution in [-0.2, 0) is 0 Å². The lowest BCUT2D eigenvalue weighted by Gasteiger charge is -2.10. The first-order valence-electron chi connectivity index (χ1n) is 13.6. The van der Waals surface area contributed by atoms with Gasteiger partial charge in [-0.1, -0.05) is 78.9 Å². The van der Waals surface area contributed by atoms with Gasteiger partial charge in [-0.05, 0) is 48.0 Å². The fourth-order valence-corrected chi connectivity index (χ4v) is 5.65. The highest BCUT2D eigenvalue weighted by molar-refractivity contribution is 6.08. The normalized spacial score (nSPS) is 11.4. The average Bonchev–Trinajstić information content (AvgIpc) is 3.39. The lowest BCUT2D eigenvalue weighted by Crippen LogP contribution is -1.99. The monoisotopic (exact) mass is 525 g/mol. The van der Waals surface area contributed by atoms with E-state index in [1.807, 2.05) is 67.1 Å². The second-order valence-corrected chi connectivity index (χ2v) is 9.99. The third-order valence-electron chi connectivity index (χ3n) is 7.57. The fraction of sp³-hybridized carbons (Fsp3) is 0. The Kier molecular flexibility index (Phi) is 5.38. The summed E-state index contributed by atoms with van der Waals surface area (Å²) in [5.41, 5.74) is 9.04. The van der Waals surface area contributed by atoms with Crippen LogP contribution in [0.4, 0.5) is 0 Å². The molecule has 0 unspecified atom stereocenters. The van der Waals surface area contributed by atoms with Gasteiger partial charge in [0.25, 0.3) is 0 Å². The second-order valence-electron chi connectivity index (χ2n) is 9.99. The summed E-state index contributed by atoms with van der Waals surface area (Å²) in [4.78, 5) is 19.1. The van der Waals surface area contributed by atoms with Crippen molar-refractivity contribution in [2.24, 2.45) is 0 Å². The molecule has 0 bridgehead atoms. The van der Waals surface area contributed by atoms with E-state index in [4.69, 9.17) is 9.97 Å². The minimum atomic E-state index is 0.822. The van der Waals surface area contributed by atoms with Gasteiger partial charge in [0.05, 0.1) is 33.6 Å². The quantitative estimate of drug-likeness (QED) is 0.231. The first kappa shape index (κ1) is 23.2. The first-order valence-corrected chi connectivity index (χ1v) is 13.6. The van der Waals surface area contributed by atoms with Gasteiger partial charge in [0.15, 0.2) is 0 Å². The van der Waals surface area contributed by atoms with Crippen molar-refractivity contribution in [1.82, 2.24) is 24.5 Å². The molecule has 8 rings (SSSR count). The Balaban J connectivity index is 1.17. The summed E-state index contributed by atoms with van der Waals surface area (Å²) < 4.78 is 2.20. The Hall–Kier alpha value is -5.68. The van der Waals surface area contributed by atoms with E-state index in [1.54, 1.807) is 0 Å². The molecule has 0 aliphatic carbocycles. The minimum Gasteiger partial charge on any atom is -0.294 e. The highest BCUT2D eigenvalue weighted by Gasteiger charge is 2.14. The molecule has 5 nitrogen and oxygen atoms in total. The molecule has 0 atom stereocenters. The van der Waals surface area contributed by atoms with Crippen LogP contribution in [0.5, 0.6) is 0 Å². The number of aromatic nitrogens is 5. The molecule has 0 saturated carbocycles. The van der Waals surface area contributed by atoms with Crippen molar-refractivity contribution < 1.29 is 0 Å². The number of hydrogen-bond acceptors (Lipinski definition) is 4. The van der Waals surface area contributed by atoms with Crippen LogP contribution in [0.25, 0.3) is 72.3 Å². The third kappa shape index (κ3) is 3.95. The van der Waals surface area contributed by atoms with E-state index >= 15 is 0 Å². The van der Waals surface area contributed by atoms with E-state index < -0.39 is 0 Å². The van der Waals surface area contributed by atoms with Gasteiger partial charge in [0.1, 0.15) is 5.82 Å². The maximum absolute atomic E-state index is 5.08. The SMILES string of the molecule is c1cc(-c2ccc(-c3cccc4cccnc34)cc2)nc(-c2cccc(-n3c4ccccc4c4cnccc43)n2)c1. The number of pyridine rings is 4. The lowest BCUT2D eigenvalue weighted by atomic mass is 10.00. The van der Waals surface area contributed by atoms with Crippen LogP contribution in [0.1, 0.15) is 0 Å². The minimum absolute atomic E-state index is 0.822. The summed E-state index contributed by atoms with van der Waals surface area (Å²) in [7, 11) is 0. The van der Waals surface area contributed by atoms with E-state index in [1.165, 1.54) is 0 Å². The van der Waals surface area contributed by atoms with Crippen LogP contribution in [0.2, 0.25) is 0 Å². The molecule has 41 heavy (non-hydrogen) atoms. The molecule has 0 aliphatic rings. The van der Waals surface area contributed by atoms with Crippen LogP contribution in [-0.4, -0.2) is 24.5 Å². The van der Waals surface area contributed by atoms with Crippen LogP contribution in [0, 0.1) is 0 Å². The Morgan fingerprint density at radius 2 is 1.22 bits per heavy atom. The zero-order valence-electron chi connectivity index (χ0n) is 22.0. The molecule has 0 amide bonds. The molecule has 0 saturated heterocycles. The van der Waals surface area contributed by atoms with Gasteiger partial charge in [0, 0.05) is 45.9 Å². The number of para-hydroxylation sites is 2. The lowest BCUT2D eigenvalue weighted by molar-refractivity contribution is 1.08. The van der Waals surface area contributed by atoms with E-state index in [0.29, 0.717) is 0 Å². The summed E-state index contributed by atoms with van der Waals surface area (Å²) in [5, 5.41) is 3.40. The molecule has 5 aromatic heterocycles. The van der Waals surface area contributed by atoms with Gasteiger partial charge in [-0.15, -0.1) is 0 Å². The standard InChI is InChI=1S/C36H23N5/c1-2-14-33-28(9-1)29-23-37-22-20-34(29)41(33)35-15-5-13-32(40-35)31-12-4-11-30(39-31)25-18-16-24(17-19-25)27-10-3-7-26-8-6-21-38-36(26)27/h1-23H. The van der Waals surface area contributed by atoms with Gasteiger partial charge < -0.3 is 0 Å². The highest BCUT2D eigenvalue weighted by atomic mass is 15.1. The van der Waals surface area contributed by atoms with Gasteiger partial charge in [-0.3, -0.25) is 14.5 Å². The summed E-state index contributed by atoms with van der Waals surface area (Å²) in [6.07, 6.45) is 5.59. The largest absolute Gasteiger partial charge is 0.294 e. The van der Waals surface area contributed by atoms with Crippen molar-refractivity contribution in [3.05, 3.63) is 140 Å². The molecule has 5 heterocycles. The van der Waals surface area contributed by atoms with Crippen molar-refractivity contribution in [1.29, 1.82) is 0 Å². The number of benzene rings is 3. The van der Waals surface area contributed by atoms with Gasteiger partial charge in [-0.25, -0.2) is 9.97 Å². The summed E-state index contributed by atoms with van der Waals surface area (Å²) in [6.45, 7) is 0. The number of hydrogen-bond donors (Lipinski definition) is 0. The number of fused-ring (bicyclic) bond motifs is 4. The molecule has 0 N–H and O–H groups in total. The molecule has 5 heteroatoms. The van der Waals surface area contributed by atoms with Crippen molar-refractivity contribution in [3.63, 3.8) is 0 Å². The summed E-state index contributed by atoms with van der Waals surface area (Å²) in [6, 6.07) is 41.5. The Bertz CT molecular complexity index is 2150. The number of nitrogens with zero attached hydrogens (tertiary/aromatic N) is 5. The first-order chi connectivity index (χ1) is 20.3. The molecular weight excluding hydrogens is 502 g/mol. The van der Waals surface area contributed by atoms with E-state index in [-0.39, 0.29) is 0 Å². The predicted molar refractivity (Wildman–Crippen MR) is 166 cm³/mol. The molecule has 0 aliphatic heterocycles. The summed E-state index contributed by atoms with van der Waals surface area (Å²) in [5.74, 6) is 0.847. The average molecular weight is 526 g/mol. The van der Waals surface area contributed by atoms with Crippen molar-refractivity contribution >= 4 is 32.7 Å². The van der Waals surface area contributed by atoms with E-state index in [9.17, 15) is 0 Å². The molecule has 0 fully saturated rings. The molecule has 8 aromatic rings. The van der Waals surface area contributed by atoms with E-state index in [0.717, 1.165) is 72.3 Å². The Labute approximate surface area is 236 Å². The fourth-order valence-electron chi connectivity index (χ4n) is 5.65. The van der Waals surface area contributed by atoms with Crippen LogP contribution >= 0.6 is 0 Å². The van der Waals surface area contributed by atoms with Crippen molar-refractivity contribution in [2.75, 3.05) is 0 Å². The molecule has 192 valence electrons. The maximum Gasteiger partial charge on any atom is 0.138 e. The van der Waals surface area contributed by atoms with Crippen LogP contribution in [0.15, 0.2) is 140 Å². The van der Waals surface area contributed by atoms with Crippen molar-refractivity contribution in [3.8, 4) is 39.6 Å². The zero-order valence-corrected chi connectivity index (χ0v) is 22.0. The van der Waals surface area contributed by atoms with Gasteiger partial charge in [-0.2, -0.15) is 0 Å². The molecule has 0 spiro atoms. The van der Waals surface area contributed by atoms with Crippen LogP contribution < -0.4 is 0 Å². The molecular formula is C36H23N5. The van der Waals surface area contributed by atoms with Gasteiger partial charge in [0.2, 0.25) is 0 Å². The maximum atomic E-state index is 5.08. The molecule has 0 radical (unpaired) electrons. The van der Waals surface area contributed by atoms with E-state index in [2.05, 4.69) is 87.3 Å². The van der Waals surface area contributed by atoms with Crippen LogP contribution in [0.3, 0.4) is 0 Å². The van der Waals surface area contributed by atoms with Crippen molar-refractivity contribution in [2.45, 2.75) is 0 Å². The highest BCUT2D eigenvalue weighted by Crippen LogP contribution is 2.32. The predicted octanol–water partition coefficient (Wildman–Crippen LogP) is 8.52. The topological polar surface area (TPSA) is 56.5 Å². The number of rotatable bonds is 4.